The first-order valence-corrected chi connectivity index (χ1v) is 10.5. The lowest BCUT2D eigenvalue weighted by Crippen LogP contribution is -2.22. The highest BCUT2D eigenvalue weighted by atomic mass is 35.5. The maximum atomic E-state index is 12.3. The van der Waals surface area contributed by atoms with Gasteiger partial charge in [-0.05, 0) is 54.4 Å². The summed E-state index contributed by atoms with van der Waals surface area (Å²) in [6.45, 7) is 0. The van der Waals surface area contributed by atoms with E-state index >= 15 is 0 Å². The minimum Gasteiger partial charge on any atom is -0.495 e. The summed E-state index contributed by atoms with van der Waals surface area (Å²) in [5, 5.41) is 5.87. The van der Waals surface area contributed by atoms with Crippen molar-refractivity contribution >= 4 is 52.5 Å². The zero-order chi connectivity index (χ0) is 23.1. The molecule has 0 aliphatic heterocycles. The molecule has 166 valence electrons. The van der Waals surface area contributed by atoms with Crippen molar-refractivity contribution < 1.29 is 19.1 Å². The number of nitrogens with one attached hydrogen (secondary N) is 3. The molecule has 10 heteroatoms. The monoisotopic (exact) mass is 472 g/mol. The fraction of sp³-hybridized carbons (Fsp3) is 0.0909. The van der Waals surface area contributed by atoms with Crippen LogP contribution in [-0.4, -0.2) is 26.2 Å². The van der Waals surface area contributed by atoms with Gasteiger partial charge in [-0.2, -0.15) is 0 Å². The number of halogens is 1. The van der Waals surface area contributed by atoms with Crippen molar-refractivity contribution in [3.63, 3.8) is 0 Å². The Labute approximate surface area is 194 Å². The van der Waals surface area contributed by atoms with Crippen LogP contribution in [0.25, 0.3) is 0 Å². The summed E-state index contributed by atoms with van der Waals surface area (Å²) in [6.07, 6.45) is 0. The van der Waals surface area contributed by atoms with Crippen molar-refractivity contribution in [2.24, 2.45) is 0 Å². The van der Waals surface area contributed by atoms with Gasteiger partial charge >= 0.3 is 6.03 Å². The van der Waals surface area contributed by atoms with E-state index in [0.717, 1.165) is 11.9 Å². The van der Waals surface area contributed by atoms with Crippen LogP contribution in [0, 0.1) is 0 Å². The molecule has 3 amide bonds. The molecule has 0 radical (unpaired) electrons. The van der Waals surface area contributed by atoms with E-state index in [0.29, 0.717) is 44.0 Å². The molecule has 32 heavy (non-hydrogen) atoms. The molecule has 0 unspecified atom stereocenters. The lowest BCUT2D eigenvalue weighted by Gasteiger charge is -2.12. The second-order valence-electron chi connectivity index (χ2n) is 6.41. The van der Waals surface area contributed by atoms with Crippen molar-refractivity contribution in [2.75, 3.05) is 30.6 Å². The van der Waals surface area contributed by atoms with Crippen LogP contribution >= 0.6 is 23.5 Å². The maximum Gasteiger partial charge on any atom is 0.329 e. The molecule has 0 atom stereocenters. The zero-order valence-electron chi connectivity index (χ0n) is 17.3. The van der Waals surface area contributed by atoms with E-state index in [4.69, 9.17) is 26.8 Å². The molecule has 3 aromatic rings. The normalized spacial score (nSPS) is 10.2. The van der Waals surface area contributed by atoms with Crippen molar-refractivity contribution in [1.29, 1.82) is 0 Å². The number of para-hydroxylation sites is 1. The number of carbonyl (C=O) groups is 2. The smallest absolute Gasteiger partial charge is 0.329 e. The number of hydrogen-bond acceptors (Lipinski definition) is 6. The van der Waals surface area contributed by atoms with Gasteiger partial charge < -0.3 is 25.8 Å². The summed E-state index contributed by atoms with van der Waals surface area (Å²) in [4.78, 5) is 25.2. The van der Waals surface area contributed by atoms with Crippen molar-refractivity contribution in [2.45, 2.75) is 4.90 Å². The maximum absolute atomic E-state index is 12.3. The molecule has 0 saturated heterocycles. The molecule has 0 fully saturated rings. The van der Waals surface area contributed by atoms with E-state index in [9.17, 15) is 9.59 Å². The number of amides is 3. The van der Waals surface area contributed by atoms with Crippen molar-refractivity contribution in [3.8, 4) is 11.5 Å². The van der Waals surface area contributed by atoms with E-state index in [1.54, 1.807) is 60.7 Å². The molecule has 0 aliphatic carbocycles. The predicted octanol–water partition coefficient (Wildman–Crippen LogP) is 5.02. The Morgan fingerprint density at radius 1 is 0.906 bits per heavy atom. The van der Waals surface area contributed by atoms with Crippen LogP contribution in [0.15, 0.2) is 65.6 Å². The van der Waals surface area contributed by atoms with Crippen LogP contribution in [0.4, 0.5) is 21.9 Å². The van der Waals surface area contributed by atoms with Gasteiger partial charge in [0.15, 0.2) is 0 Å². The van der Waals surface area contributed by atoms with Gasteiger partial charge in [-0.1, -0.05) is 23.7 Å². The lowest BCUT2D eigenvalue weighted by atomic mass is 10.1. The standard InChI is InChI=1S/C22H21ClN4O4S/c1-30-18-12-19(31-2)20(11-16(18)23)32-27-22(29)26-14-9-7-13(8-10-14)25-21(28)15-5-3-4-6-17(15)24/h3-12H,24H2,1-2H3,(H,25,28)(H2,26,27,29). The number of rotatable bonds is 7. The molecule has 3 aromatic carbocycles. The van der Waals surface area contributed by atoms with Crippen LogP contribution < -0.4 is 30.6 Å². The van der Waals surface area contributed by atoms with Gasteiger partial charge in [-0.25, -0.2) is 4.79 Å². The van der Waals surface area contributed by atoms with Crippen LogP contribution in [0.1, 0.15) is 10.4 Å². The minimum absolute atomic E-state index is 0.315. The molecule has 0 aliphatic rings. The Hall–Kier alpha value is -3.56. The topological polar surface area (TPSA) is 115 Å². The summed E-state index contributed by atoms with van der Waals surface area (Å²) >= 11 is 7.19. The molecule has 0 spiro atoms. The summed E-state index contributed by atoms with van der Waals surface area (Å²) in [7, 11) is 3.02. The Morgan fingerprint density at radius 3 is 2.16 bits per heavy atom. The first kappa shape index (κ1) is 23.1. The molecule has 0 bridgehead atoms. The molecular formula is C22H21ClN4O4S. The number of urea groups is 1. The highest BCUT2D eigenvalue weighted by Crippen LogP contribution is 2.37. The molecule has 0 heterocycles. The van der Waals surface area contributed by atoms with Gasteiger partial charge in [0.1, 0.15) is 11.5 Å². The van der Waals surface area contributed by atoms with E-state index < -0.39 is 6.03 Å². The summed E-state index contributed by atoms with van der Waals surface area (Å²) in [5.41, 5.74) is 7.72. The lowest BCUT2D eigenvalue weighted by molar-refractivity contribution is 0.102. The number of benzene rings is 3. The van der Waals surface area contributed by atoms with Gasteiger partial charge in [0.25, 0.3) is 5.91 Å². The average molecular weight is 473 g/mol. The molecule has 0 aromatic heterocycles. The van der Waals surface area contributed by atoms with Crippen LogP contribution in [0.2, 0.25) is 5.02 Å². The number of carbonyl (C=O) groups excluding carboxylic acids is 2. The van der Waals surface area contributed by atoms with Gasteiger partial charge in [0, 0.05) is 23.1 Å². The van der Waals surface area contributed by atoms with Crippen molar-refractivity contribution in [1.82, 2.24) is 4.72 Å². The summed E-state index contributed by atoms with van der Waals surface area (Å²) < 4.78 is 13.1. The largest absolute Gasteiger partial charge is 0.495 e. The second-order valence-corrected chi connectivity index (χ2v) is 7.67. The van der Waals surface area contributed by atoms with E-state index in [1.165, 1.54) is 14.2 Å². The van der Waals surface area contributed by atoms with E-state index in [-0.39, 0.29) is 5.91 Å². The third kappa shape index (κ3) is 5.77. The van der Waals surface area contributed by atoms with Crippen LogP contribution in [0.3, 0.4) is 0 Å². The Kier molecular flexibility index (Phi) is 7.69. The fourth-order valence-corrected chi connectivity index (χ4v) is 3.69. The quantitative estimate of drug-likeness (QED) is 0.283. The highest BCUT2D eigenvalue weighted by Gasteiger charge is 2.13. The molecule has 8 nitrogen and oxygen atoms in total. The van der Waals surface area contributed by atoms with E-state index in [1.807, 2.05) is 0 Å². The number of methoxy groups -OCH3 is 2. The first-order chi connectivity index (χ1) is 15.4. The molecular weight excluding hydrogens is 452 g/mol. The third-order valence-electron chi connectivity index (χ3n) is 4.30. The van der Waals surface area contributed by atoms with Gasteiger partial charge in [-0.3, -0.25) is 9.52 Å². The third-order valence-corrected chi connectivity index (χ3v) is 5.42. The number of nitrogen functional groups attached to an aromatic ring is 1. The number of anilines is 3. The fourth-order valence-electron chi connectivity index (χ4n) is 2.71. The van der Waals surface area contributed by atoms with Crippen LogP contribution in [-0.2, 0) is 0 Å². The minimum atomic E-state index is -0.446. The molecule has 5 N–H and O–H groups in total. The SMILES string of the molecule is COc1cc(OC)c(SNC(=O)Nc2ccc(NC(=O)c3ccccc3N)cc2)cc1Cl. The Balaban J connectivity index is 1.57. The highest BCUT2D eigenvalue weighted by molar-refractivity contribution is 7.98. The number of nitrogens with two attached hydrogens (primary N) is 1. The van der Waals surface area contributed by atoms with Gasteiger partial charge in [0.05, 0.1) is 29.7 Å². The zero-order valence-corrected chi connectivity index (χ0v) is 18.8. The van der Waals surface area contributed by atoms with E-state index in [2.05, 4.69) is 15.4 Å². The average Bonchev–Trinajstić information content (AvgIpc) is 2.79. The predicted molar refractivity (Wildman–Crippen MR) is 128 cm³/mol. The Bertz CT molecular complexity index is 1130. The van der Waals surface area contributed by atoms with Crippen LogP contribution in [0.5, 0.6) is 11.5 Å². The van der Waals surface area contributed by atoms with Crippen molar-refractivity contribution in [3.05, 3.63) is 71.2 Å². The van der Waals surface area contributed by atoms with Gasteiger partial charge in [0.2, 0.25) is 0 Å². The second kappa shape index (κ2) is 10.7. The summed E-state index contributed by atoms with van der Waals surface area (Å²) in [6, 6.07) is 16.3. The molecule has 0 saturated carbocycles. The Morgan fingerprint density at radius 2 is 1.53 bits per heavy atom. The molecule has 3 rings (SSSR count). The summed E-state index contributed by atoms with van der Waals surface area (Å²) in [5.74, 6) is 0.667. The number of hydrogen-bond donors (Lipinski definition) is 4. The number of ether oxygens (including phenoxy) is 2. The van der Waals surface area contributed by atoms with Gasteiger partial charge in [-0.15, -0.1) is 0 Å². The first-order valence-electron chi connectivity index (χ1n) is 9.32.